The van der Waals surface area contributed by atoms with Gasteiger partial charge >= 0.3 is 0 Å². The molecule has 0 spiro atoms. The molecule has 0 aliphatic heterocycles. The number of hydrogen-bond donors (Lipinski definition) is 1. The SMILES string of the molecule is Cc1nnc(Nc2ccc(C)c(C)c2)s1. The van der Waals surface area contributed by atoms with Gasteiger partial charge in [-0.05, 0) is 44.0 Å². The number of anilines is 2. The molecule has 78 valence electrons. The van der Waals surface area contributed by atoms with Crippen molar-refractivity contribution in [1.82, 2.24) is 10.2 Å². The molecule has 0 saturated heterocycles. The predicted molar refractivity (Wildman–Crippen MR) is 63.8 cm³/mol. The number of hydrogen-bond acceptors (Lipinski definition) is 4. The van der Waals surface area contributed by atoms with Crippen LogP contribution in [0.5, 0.6) is 0 Å². The fourth-order valence-electron chi connectivity index (χ4n) is 1.29. The van der Waals surface area contributed by atoms with Gasteiger partial charge < -0.3 is 5.32 Å². The topological polar surface area (TPSA) is 37.8 Å². The Morgan fingerprint density at radius 1 is 1.07 bits per heavy atom. The van der Waals surface area contributed by atoms with Crippen LogP contribution in [0.4, 0.5) is 10.8 Å². The Bertz CT molecular complexity index is 476. The Kier molecular flexibility index (Phi) is 2.68. The molecule has 2 rings (SSSR count). The number of benzene rings is 1. The van der Waals surface area contributed by atoms with E-state index in [2.05, 4.69) is 47.6 Å². The molecule has 0 aliphatic carbocycles. The van der Waals surface area contributed by atoms with Crippen LogP contribution in [0.1, 0.15) is 16.1 Å². The van der Waals surface area contributed by atoms with Crippen molar-refractivity contribution in [1.29, 1.82) is 0 Å². The molecule has 0 bridgehead atoms. The van der Waals surface area contributed by atoms with E-state index in [1.807, 2.05) is 6.92 Å². The van der Waals surface area contributed by atoms with Crippen LogP contribution in [0, 0.1) is 20.8 Å². The van der Waals surface area contributed by atoms with E-state index in [1.165, 1.54) is 11.1 Å². The van der Waals surface area contributed by atoms with E-state index in [-0.39, 0.29) is 0 Å². The van der Waals surface area contributed by atoms with Gasteiger partial charge in [0.2, 0.25) is 5.13 Å². The number of rotatable bonds is 2. The second kappa shape index (κ2) is 3.98. The summed E-state index contributed by atoms with van der Waals surface area (Å²) in [5, 5.41) is 13.0. The third kappa shape index (κ3) is 2.33. The van der Waals surface area contributed by atoms with E-state index in [0.29, 0.717) is 0 Å². The summed E-state index contributed by atoms with van der Waals surface area (Å²) in [6.45, 7) is 6.16. The molecule has 2 aromatic rings. The van der Waals surface area contributed by atoms with Crippen molar-refractivity contribution in [2.75, 3.05) is 5.32 Å². The first kappa shape index (κ1) is 10.1. The molecule has 15 heavy (non-hydrogen) atoms. The molecule has 0 aliphatic rings. The molecule has 0 saturated carbocycles. The molecule has 1 aromatic heterocycles. The van der Waals surface area contributed by atoms with Crippen molar-refractivity contribution in [3.63, 3.8) is 0 Å². The van der Waals surface area contributed by atoms with Crippen molar-refractivity contribution in [2.45, 2.75) is 20.8 Å². The summed E-state index contributed by atoms with van der Waals surface area (Å²) < 4.78 is 0. The van der Waals surface area contributed by atoms with E-state index >= 15 is 0 Å². The lowest BCUT2D eigenvalue weighted by molar-refractivity contribution is 1.05. The van der Waals surface area contributed by atoms with Gasteiger partial charge in [-0.15, -0.1) is 10.2 Å². The monoisotopic (exact) mass is 219 g/mol. The fourth-order valence-corrected chi connectivity index (χ4v) is 1.90. The van der Waals surface area contributed by atoms with Crippen LogP contribution in [0.3, 0.4) is 0 Å². The van der Waals surface area contributed by atoms with Gasteiger partial charge in [-0.1, -0.05) is 17.4 Å². The molecular weight excluding hydrogens is 206 g/mol. The second-order valence-corrected chi connectivity index (χ2v) is 4.73. The van der Waals surface area contributed by atoms with Crippen LogP contribution < -0.4 is 5.32 Å². The average Bonchev–Trinajstić information content (AvgIpc) is 2.58. The van der Waals surface area contributed by atoms with Crippen LogP contribution in [0.2, 0.25) is 0 Å². The van der Waals surface area contributed by atoms with Gasteiger partial charge in [0, 0.05) is 5.69 Å². The normalized spacial score (nSPS) is 10.3. The summed E-state index contributed by atoms with van der Waals surface area (Å²) in [6, 6.07) is 6.27. The number of nitrogens with zero attached hydrogens (tertiary/aromatic N) is 2. The molecule has 1 N–H and O–H groups in total. The Balaban J connectivity index is 2.21. The van der Waals surface area contributed by atoms with E-state index in [9.17, 15) is 0 Å². The Hall–Kier alpha value is -1.42. The zero-order valence-electron chi connectivity index (χ0n) is 9.03. The first-order valence-corrected chi connectivity index (χ1v) is 5.61. The first-order chi connectivity index (χ1) is 7.15. The fraction of sp³-hybridized carbons (Fsp3) is 0.273. The zero-order valence-corrected chi connectivity index (χ0v) is 9.85. The molecule has 1 heterocycles. The van der Waals surface area contributed by atoms with Crippen molar-refractivity contribution >= 4 is 22.2 Å². The van der Waals surface area contributed by atoms with Crippen LogP contribution in [-0.4, -0.2) is 10.2 Å². The first-order valence-electron chi connectivity index (χ1n) is 4.79. The van der Waals surface area contributed by atoms with Gasteiger partial charge in [0.05, 0.1) is 0 Å². The highest BCUT2D eigenvalue weighted by Crippen LogP contribution is 2.21. The third-order valence-electron chi connectivity index (χ3n) is 2.28. The number of aryl methyl sites for hydroxylation is 3. The predicted octanol–water partition coefficient (Wildman–Crippen LogP) is 3.21. The standard InChI is InChI=1S/C11H13N3S/c1-7-4-5-10(6-8(7)2)12-11-14-13-9(3)15-11/h4-6H,1-3H3,(H,12,14). The maximum Gasteiger partial charge on any atom is 0.210 e. The Morgan fingerprint density at radius 3 is 2.47 bits per heavy atom. The summed E-state index contributed by atoms with van der Waals surface area (Å²) in [5.74, 6) is 0. The zero-order chi connectivity index (χ0) is 10.8. The maximum atomic E-state index is 4.02. The highest BCUT2D eigenvalue weighted by molar-refractivity contribution is 7.15. The summed E-state index contributed by atoms with van der Waals surface area (Å²) in [4.78, 5) is 0. The third-order valence-corrected chi connectivity index (χ3v) is 3.04. The van der Waals surface area contributed by atoms with Gasteiger partial charge in [-0.3, -0.25) is 0 Å². The summed E-state index contributed by atoms with van der Waals surface area (Å²) in [7, 11) is 0. The molecular formula is C11H13N3S. The molecule has 0 atom stereocenters. The quantitative estimate of drug-likeness (QED) is 0.842. The minimum absolute atomic E-state index is 0.843. The van der Waals surface area contributed by atoms with E-state index < -0.39 is 0 Å². The lowest BCUT2D eigenvalue weighted by Crippen LogP contribution is -1.91. The van der Waals surface area contributed by atoms with Crippen molar-refractivity contribution in [3.05, 3.63) is 34.3 Å². The molecule has 4 heteroatoms. The minimum Gasteiger partial charge on any atom is -0.330 e. The molecule has 1 aromatic carbocycles. The summed E-state index contributed by atoms with van der Waals surface area (Å²) in [5.41, 5.74) is 3.64. The molecule has 0 fully saturated rings. The average molecular weight is 219 g/mol. The maximum absolute atomic E-state index is 4.02. The Labute approximate surface area is 93.2 Å². The molecule has 3 nitrogen and oxygen atoms in total. The van der Waals surface area contributed by atoms with Crippen LogP contribution in [0.25, 0.3) is 0 Å². The number of aromatic nitrogens is 2. The largest absolute Gasteiger partial charge is 0.330 e. The highest BCUT2D eigenvalue weighted by Gasteiger charge is 2.01. The molecule has 0 radical (unpaired) electrons. The van der Waals surface area contributed by atoms with Gasteiger partial charge in [-0.2, -0.15) is 0 Å². The minimum atomic E-state index is 0.843. The van der Waals surface area contributed by atoms with Crippen molar-refractivity contribution in [2.24, 2.45) is 0 Å². The second-order valence-electron chi connectivity index (χ2n) is 3.55. The highest BCUT2D eigenvalue weighted by atomic mass is 32.1. The lowest BCUT2D eigenvalue weighted by atomic mass is 10.1. The van der Waals surface area contributed by atoms with E-state index in [4.69, 9.17) is 0 Å². The smallest absolute Gasteiger partial charge is 0.210 e. The van der Waals surface area contributed by atoms with Crippen molar-refractivity contribution in [3.8, 4) is 0 Å². The molecule has 0 amide bonds. The Morgan fingerprint density at radius 2 is 1.87 bits per heavy atom. The summed E-state index contributed by atoms with van der Waals surface area (Å²) >= 11 is 1.56. The van der Waals surface area contributed by atoms with Gasteiger partial charge in [0.1, 0.15) is 5.01 Å². The number of nitrogens with one attached hydrogen (secondary N) is 1. The van der Waals surface area contributed by atoms with E-state index in [1.54, 1.807) is 11.3 Å². The van der Waals surface area contributed by atoms with Gasteiger partial charge in [-0.25, -0.2) is 0 Å². The van der Waals surface area contributed by atoms with Gasteiger partial charge in [0.15, 0.2) is 0 Å². The molecule has 0 unspecified atom stereocenters. The van der Waals surface area contributed by atoms with Crippen molar-refractivity contribution < 1.29 is 0 Å². The van der Waals surface area contributed by atoms with E-state index in [0.717, 1.165) is 15.8 Å². The van der Waals surface area contributed by atoms with Crippen LogP contribution >= 0.6 is 11.3 Å². The van der Waals surface area contributed by atoms with Crippen LogP contribution in [-0.2, 0) is 0 Å². The van der Waals surface area contributed by atoms with Gasteiger partial charge in [0.25, 0.3) is 0 Å². The lowest BCUT2D eigenvalue weighted by Gasteiger charge is -2.04. The van der Waals surface area contributed by atoms with Crippen LogP contribution in [0.15, 0.2) is 18.2 Å². The summed E-state index contributed by atoms with van der Waals surface area (Å²) in [6.07, 6.45) is 0.